The van der Waals surface area contributed by atoms with Crippen LogP contribution in [0.5, 0.6) is 5.75 Å². The van der Waals surface area contributed by atoms with Crippen LogP contribution in [0.1, 0.15) is 32.4 Å². The quantitative estimate of drug-likeness (QED) is 0.558. The Bertz CT molecular complexity index is 791. The van der Waals surface area contributed by atoms with Gasteiger partial charge in [0.2, 0.25) is 0 Å². The molecule has 2 aromatic carbocycles. The van der Waals surface area contributed by atoms with Gasteiger partial charge in [0.1, 0.15) is 17.5 Å². The van der Waals surface area contributed by atoms with Crippen molar-refractivity contribution in [2.75, 3.05) is 19.7 Å². The molecule has 1 aliphatic heterocycles. The summed E-state index contributed by atoms with van der Waals surface area (Å²) in [5.74, 6) is 0.801. The van der Waals surface area contributed by atoms with Gasteiger partial charge in [-0.05, 0) is 61.1 Å². The van der Waals surface area contributed by atoms with Gasteiger partial charge < -0.3 is 19.1 Å². The predicted molar refractivity (Wildman–Crippen MR) is 117 cm³/mol. The van der Waals surface area contributed by atoms with E-state index in [2.05, 4.69) is 22.6 Å². The molecule has 0 unspecified atom stereocenters. The van der Waals surface area contributed by atoms with E-state index in [0.717, 1.165) is 14.9 Å². The number of amides is 1. The summed E-state index contributed by atoms with van der Waals surface area (Å²) < 4.78 is 19.0. The molecular formula is C22H26INO4. The minimum Gasteiger partial charge on any atom is -0.482 e. The monoisotopic (exact) mass is 495 g/mol. The molecule has 5 nitrogen and oxygen atoms in total. The Balaban J connectivity index is 1.81. The topological polar surface area (TPSA) is 48.0 Å². The van der Waals surface area contributed by atoms with E-state index in [1.807, 2.05) is 75.4 Å². The zero-order chi connectivity index (χ0) is 20.1. The minimum atomic E-state index is -0.527. The fourth-order valence-electron chi connectivity index (χ4n) is 3.03. The first kappa shape index (κ1) is 20.9. The number of rotatable bonds is 4. The van der Waals surface area contributed by atoms with Gasteiger partial charge in [0.15, 0.2) is 6.10 Å². The normalized spacial score (nSPS) is 18.4. The molecule has 6 heteroatoms. The maximum atomic E-state index is 12.5. The highest BCUT2D eigenvalue weighted by Crippen LogP contribution is 2.31. The number of hydrogen-bond acceptors (Lipinski definition) is 4. The van der Waals surface area contributed by atoms with Gasteiger partial charge in [-0.1, -0.05) is 42.5 Å². The first-order valence-electron chi connectivity index (χ1n) is 9.39. The number of nitrogens with zero attached hydrogens (tertiary/aromatic N) is 1. The van der Waals surface area contributed by atoms with Gasteiger partial charge in [0.25, 0.3) is 0 Å². The second-order valence-corrected chi connectivity index (χ2v) is 8.88. The second-order valence-electron chi connectivity index (χ2n) is 7.72. The van der Waals surface area contributed by atoms with Gasteiger partial charge in [-0.3, -0.25) is 0 Å². The Morgan fingerprint density at radius 1 is 1.14 bits per heavy atom. The second kappa shape index (κ2) is 9.13. The van der Waals surface area contributed by atoms with Crippen molar-refractivity contribution in [1.82, 2.24) is 4.90 Å². The standard InChI is InChI=1S/C22H26INO4/c1-22(2,3)28-21(25)24-13-14-26-19(15-24)20(16-9-5-4-6-10-16)27-18-12-8-7-11-17(18)23/h4-12,19-20H,13-15H2,1-3H3/t19-,20-/m0/s1. The molecule has 1 fully saturated rings. The van der Waals surface area contributed by atoms with Crippen LogP contribution < -0.4 is 4.74 Å². The summed E-state index contributed by atoms with van der Waals surface area (Å²) in [6, 6.07) is 17.9. The first-order chi connectivity index (χ1) is 13.3. The molecule has 1 amide bonds. The highest BCUT2D eigenvalue weighted by atomic mass is 127. The van der Waals surface area contributed by atoms with E-state index in [-0.39, 0.29) is 18.3 Å². The van der Waals surface area contributed by atoms with Crippen molar-refractivity contribution in [1.29, 1.82) is 0 Å². The zero-order valence-corrected chi connectivity index (χ0v) is 18.6. The molecule has 3 rings (SSSR count). The molecule has 0 radical (unpaired) electrons. The molecule has 1 heterocycles. The van der Waals surface area contributed by atoms with Crippen LogP contribution in [0.2, 0.25) is 0 Å². The van der Waals surface area contributed by atoms with E-state index in [1.54, 1.807) is 4.90 Å². The largest absolute Gasteiger partial charge is 0.482 e. The van der Waals surface area contributed by atoms with Crippen LogP contribution in [0, 0.1) is 3.57 Å². The summed E-state index contributed by atoms with van der Waals surface area (Å²) in [5.41, 5.74) is 0.485. The highest BCUT2D eigenvalue weighted by molar-refractivity contribution is 14.1. The number of hydrogen-bond donors (Lipinski definition) is 0. The maximum Gasteiger partial charge on any atom is 0.410 e. The fraction of sp³-hybridized carbons (Fsp3) is 0.409. The Labute approximate surface area is 180 Å². The zero-order valence-electron chi connectivity index (χ0n) is 16.4. The lowest BCUT2D eigenvalue weighted by Gasteiger charge is -2.37. The summed E-state index contributed by atoms with van der Waals surface area (Å²) in [7, 11) is 0. The van der Waals surface area contributed by atoms with E-state index < -0.39 is 5.60 Å². The van der Waals surface area contributed by atoms with Gasteiger partial charge in [-0.2, -0.15) is 0 Å². The molecule has 1 saturated heterocycles. The maximum absolute atomic E-state index is 12.5. The number of halogens is 1. The van der Waals surface area contributed by atoms with Crippen LogP contribution in [0.15, 0.2) is 54.6 Å². The van der Waals surface area contributed by atoms with Gasteiger partial charge in [0, 0.05) is 6.54 Å². The van der Waals surface area contributed by atoms with Gasteiger partial charge in [-0.25, -0.2) is 4.79 Å². The number of carbonyl (C=O) groups is 1. The van der Waals surface area contributed by atoms with Crippen LogP contribution in [0.25, 0.3) is 0 Å². The Morgan fingerprint density at radius 2 is 1.82 bits per heavy atom. The molecule has 150 valence electrons. The SMILES string of the molecule is CC(C)(C)OC(=O)N1CCO[C@H]([C@@H](Oc2ccccc2I)c2ccccc2)C1. The predicted octanol–water partition coefficient (Wildman–Crippen LogP) is 5.05. The molecule has 0 bridgehead atoms. The van der Waals surface area contributed by atoms with Crippen molar-refractivity contribution in [3.63, 3.8) is 0 Å². The summed E-state index contributed by atoms with van der Waals surface area (Å²) in [6.45, 7) is 6.98. The lowest BCUT2D eigenvalue weighted by atomic mass is 10.0. The van der Waals surface area contributed by atoms with E-state index in [9.17, 15) is 4.79 Å². The number of ether oxygens (including phenoxy) is 3. The van der Waals surface area contributed by atoms with Crippen molar-refractivity contribution in [3.05, 3.63) is 63.7 Å². The number of carbonyl (C=O) groups excluding carboxylic acids is 1. The molecule has 0 N–H and O–H groups in total. The fourth-order valence-corrected chi connectivity index (χ4v) is 3.54. The van der Waals surface area contributed by atoms with Crippen LogP contribution in [-0.4, -0.2) is 42.4 Å². The van der Waals surface area contributed by atoms with Crippen molar-refractivity contribution < 1.29 is 19.0 Å². The number of benzene rings is 2. The summed E-state index contributed by atoms with van der Waals surface area (Å²) in [4.78, 5) is 14.2. The van der Waals surface area contributed by atoms with Crippen LogP contribution >= 0.6 is 22.6 Å². The van der Waals surface area contributed by atoms with Gasteiger partial charge in [-0.15, -0.1) is 0 Å². The summed E-state index contributed by atoms with van der Waals surface area (Å²) >= 11 is 2.26. The third-order valence-electron chi connectivity index (χ3n) is 4.30. The van der Waals surface area contributed by atoms with E-state index in [4.69, 9.17) is 14.2 Å². The number of para-hydroxylation sites is 1. The number of morpholine rings is 1. The van der Waals surface area contributed by atoms with Crippen molar-refractivity contribution in [2.45, 2.75) is 38.6 Å². The van der Waals surface area contributed by atoms with E-state index >= 15 is 0 Å². The first-order valence-corrected chi connectivity index (χ1v) is 10.5. The molecule has 0 aromatic heterocycles. The minimum absolute atomic E-state index is 0.292. The van der Waals surface area contributed by atoms with Gasteiger partial charge >= 0.3 is 6.09 Å². The van der Waals surface area contributed by atoms with Gasteiger partial charge in [0.05, 0.1) is 16.7 Å². The Kier molecular flexibility index (Phi) is 6.82. The third-order valence-corrected chi connectivity index (χ3v) is 5.19. The molecule has 0 saturated carbocycles. The lowest BCUT2D eigenvalue weighted by molar-refractivity contribution is -0.0838. The molecule has 2 aromatic rings. The highest BCUT2D eigenvalue weighted by Gasteiger charge is 2.34. The molecule has 0 aliphatic carbocycles. The summed E-state index contributed by atoms with van der Waals surface area (Å²) in [5, 5.41) is 0. The molecule has 2 atom stereocenters. The Hall–Kier alpha value is -1.80. The molecule has 1 aliphatic rings. The van der Waals surface area contributed by atoms with Crippen LogP contribution in [-0.2, 0) is 9.47 Å². The van der Waals surface area contributed by atoms with E-state index in [0.29, 0.717) is 19.7 Å². The van der Waals surface area contributed by atoms with E-state index in [1.165, 1.54) is 0 Å². The smallest absolute Gasteiger partial charge is 0.410 e. The van der Waals surface area contributed by atoms with Crippen molar-refractivity contribution >= 4 is 28.7 Å². The molecule has 28 heavy (non-hydrogen) atoms. The third kappa shape index (κ3) is 5.61. The van der Waals surface area contributed by atoms with Crippen LogP contribution in [0.4, 0.5) is 4.79 Å². The molecular weight excluding hydrogens is 469 g/mol. The summed E-state index contributed by atoms with van der Waals surface area (Å²) in [6.07, 6.45) is -0.941. The average molecular weight is 495 g/mol. The van der Waals surface area contributed by atoms with Crippen molar-refractivity contribution in [3.8, 4) is 5.75 Å². The average Bonchev–Trinajstić information content (AvgIpc) is 2.67. The lowest BCUT2D eigenvalue weighted by Crippen LogP contribution is -2.50. The van der Waals surface area contributed by atoms with Crippen LogP contribution in [0.3, 0.4) is 0 Å². The van der Waals surface area contributed by atoms with Crippen molar-refractivity contribution in [2.24, 2.45) is 0 Å². The Morgan fingerprint density at radius 3 is 2.50 bits per heavy atom. The molecule has 0 spiro atoms.